The van der Waals surface area contributed by atoms with Crippen molar-refractivity contribution in [1.29, 1.82) is 0 Å². The van der Waals surface area contributed by atoms with Gasteiger partial charge in [0, 0.05) is 37.7 Å². The van der Waals surface area contributed by atoms with E-state index in [4.69, 9.17) is 0 Å². The topological polar surface area (TPSA) is 53.4 Å². The maximum absolute atomic E-state index is 13.1. The molecule has 2 aromatic rings. The Kier molecular flexibility index (Phi) is 8.22. The number of hydrogen-bond donors (Lipinski definition) is 1. The van der Waals surface area contributed by atoms with Crippen LogP contribution in [0.3, 0.4) is 0 Å². The van der Waals surface area contributed by atoms with Crippen LogP contribution in [0.4, 0.5) is 26.3 Å². The standard InChI is InChI=1S/C24H26F6N2O2/c25-23(26,27)11-12-32(15-16-5-2-1-3-6-16)19-8-4-7-17(13-21(33)34)22(19)18-9-10-20(31-14-18)24(28,29)30/h1-3,5-6,9-10,14,17,19,22H,4,7-8,11-13,15H2,(H,33,34)/t17-,19-,22+/m1/s1. The molecular formula is C24H26F6N2O2. The molecule has 0 amide bonds. The fraction of sp³-hybridized carbons (Fsp3) is 0.500. The highest BCUT2D eigenvalue weighted by molar-refractivity contribution is 5.67. The first-order valence-corrected chi connectivity index (χ1v) is 11.0. The van der Waals surface area contributed by atoms with Gasteiger partial charge in [0.25, 0.3) is 0 Å². The summed E-state index contributed by atoms with van der Waals surface area (Å²) in [6.07, 6.45) is -7.54. The number of carboxylic acids is 1. The molecule has 1 heterocycles. The van der Waals surface area contributed by atoms with Crippen molar-refractivity contribution in [1.82, 2.24) is 9.88 Å². The highest BCUT2D eigenvalue weighted by atomic mass is 19.4. The van der Waals surface area contributed by atoms with Crippen molar-refractivity contribution >= 4 is 5.97 Å². The Hall–Kier alpha value is -2.62. The van der Waals surface area contributed by atoms with Gasteiger partial charge in [-0.25, -0.2) is 0 Å². The maximum atomic E-state index is 13.1. The number of halogens is 6. The summed E-state index contributed by atoms with van der Waals surface area (Å²) >= 11 is 0. The Morgan fingerprint density at radius 1 is 1.03 bits per heavy atom. The third-order valence-electron chi connectivity index (χ3n) is 6.28. The molecule has 4 nitrogen and oxygen atoms in total. The fourth-order valence-electron chi connectivity index (χ4n) is 4.84. The predicted octanol–water partition coefficient (Wildman–Crippen LogP) is 6.28. The Bertz CT molecular complexity index is 931. The van der Waals surface area contributed by atoms with Crippen LogP contribution in [0.2, 0.25) is 0 Å². The van der Waals surface area contributed by atoms with Crippen molar-refractivity contribution < 1.29 is 36.2 Å². The van der Waals surface area contributed by atoms with Gasteiger partial charge in [0.15, 0.2) is 0 Å². The second kappa shape index (κ2) is 10.8. The first-order valence-electron chi connectivity index (χ1n) is 11.0. The second-order valence-electron chi connectivity index (χ2n) is 8.68. The summed E-state index contributed by atoms with van der Waals surface area (Å²) in [6, 6.07) is 10.6. The van der Waals surface area contributed by atoms with Gasteiger partial charge in [0.1, 0.15) is 5.69 Å². The zero-order valence-corrected chi connectivity index (χ0v) is 18.3. The average Bonchev–Trinajstić information content (AvgIpc) is 2.76. The number of carbonyl (C=O) groups is 1. The SMILES string of the molecule is O=C(O)C[C@H]1CCC[C@@H](N(CCC(F)(F)F)Cc2ccccc2)[C@@H]1c1ccc(C(F)(F)F)nc1. The Morgan fingerprint density at radius 2 is 1.74 bits per heavy atom. The number of rotatable bonds is 8. The molecule has 0 radical (unpaired) electrons. The molecule has 1 aliphatic rings. The van der Waals surface area contributed by atoms with Crippen LogP contribution in [0.1, 0.15) is 54.8 Å². The molecule has 0 bridgehead atoms. The molecule has 0 spiro atoms. The summed E-state index contributed by atoms with van der Waals surface area (Å²) in [6.45, 7) is -0.0840. The molecule has 0 aliphatic heterocycles. The quantitative estimate of drug-likeness (QED) is 0.445. The van der Waals surface area contributed by atoms with Crippen molar-refractivity contribution in [3.8, 4) is 0 Å². The van der Waals surface area contributed by atoms with Crippen LogP contribution >= 0.6 is 0 Å². The maximum Gasteiger partial charge on any atom is 0.433 e. The highest BCUT2D eigenvalue weighted by Crippen LogP contribution is 2.43. The van der Waals surface area contributed by atoms with Gasteiger partial charge in [0.2, 0.25) is 0 Å². The van der Waals surface area contributed by atoms with E-state index in [9.17, 15) is 36.2 Å². The Labute approximate surface area is 193 Å². The van der Waals surface area contributed by atoms with Crippen LogP contribution in [0.5, 0.6) is 0 Å². The van der Waals surface area contributed by atoms with Crippen LogP contribution in [-0.4, -0.2) is 39.7 Å². The molecule has 0 unspecified atom stereocenters. The number of alkyl halides is 6. The number of aliphatic carboxylic acids is 1. The number of pyridine rings is 1. The van der Waals surface area contributed by atoms with Crippen molar-refractivity contribution in [2.24, 2.45) is 5.92 Å². The lowest BCUT2D eigenvalue weighted by Crippen LogP contribution is -2.45. The number of benzene rings is 1. The molecule has 10 heteroatoms. The number of aromatic nitrogens is 1. The van der Waals surface area contributed by atoms with E-state index >= 15 is 0 Å². The van der Waals surface area contributed by atoms with Gasteiger partial charge in [-0.15, -0.1) is 0 Å². The zero-order valence-electron chi connectivity index (χ0n) is 18.3. The van der Waals surface area contributed by atoms with E-state index in [1.807, 2.05) is 0 Å². The van der Waals surface area contributed by atoms with Crippen LogP contribution in [-0.2, 0) is 17.5 Å². The monoisotopic (exact) mass is 488 g/mol. The predicted molar refractivity (Wildman–Crippen MR) is 113 cm³/mol. The van der Waals surface area contributed by atoms with Crippen LogP contribution in [0.25, 0.3) is 0 Å². The fourth-order valence-corrected chi connectivity index (χ4v) is 4.84. The van der Waals surface area contributed by atoms with Crippen molar-refractivity contribution in [2.75, 3.05) is 6.54 Å². The smallest absolute Gasteiger partial charge is 0.433 e. The first kappa shape index (κ1) is 26.0. The van der Waals surface area contributed by atoms with Crippen LogP contribution < -0.4 is 0 Å². The Morgan fingerprint density at radius 3 is 2.29 bits per heavy atom. The first-order chi connectivity index (χ1) is 15.9. The minimum atomic E-state index is -4.63. The molecule has 0 saturated heterocycles. The van der Waals surface area contributed by atoms with E-state index in [1.165, 1.54) is 6.07 Å². The summed E-state index contributed by atoms with van der Waals surface area (Å²) in [4.78, 5) is 16.8. The van der Waals surface area contributed by atoms with E-state index in [0.29, 0.717) is 24.8 Å². The number of nitrogens with zero attached hydrogens (tertiary/aromatic N) is 2. The summed E-state index contributed by atoms with van der Waals surface area (Å²) in [7, 11) is 0. The summed E-state index contributed by atoms with van der Waals surface area (Å²) in [5.74, 6) is -2.05. The molecule has 3 rings (SSSR count). The van der Waals surface area contributed by atoms with E-state index < -0.39 is 48.3 Å². The van der Waals surface area contributed by atoms with Gasteiger partial charge < -0.3 is 5.11 Å². The molecule has 1 fully saturated rings. The highest BCUT2D eigenvalue weighted by Gasteiger charge is 2.40. The number of hydrogen-bond acceptors (Lipinski definition) is 3. The summed E-state index contributed by atoms with van der Waals surface area (Å²) in [5.41, 5.74) is 0.139. The molecule has 1 aromatic carbocycles. The largest absolute Gasteiger partial charge is 0.481 e. The van der Waals surface area contributed by atoms with Gasteiger partial charge in [-0.3, -0.25) is 14.7 Å². The summed E-state index contributed by atoms with van der Waals surface area (Å²) in [5, 5.41) is 9.42. The van der Waals surface area contributed by atoms with Crippen LogP contribution in [0, 0.1) is 5.92 Å². The third-order valence-corrected chi connectivity index (χ3v) is 6.28. The molecular weight excluding hydrogens is 462 g/mol. The molecule has 34 heavy (non-hydrogen) atoms. The number of carboxylic acid groups (broad SMARTS) is 1. The average molecular weight is 488 g/mol. The van der Waals surface area contributed by atoms with E-state index in [1.54, 1.807) is 35.2 Å². The molecule has 1 aliphatic carbocycles. The second-order valence-corrected chi connectivity index (χ2v) is 8.68. The van der Waals surface area contributed by atoms with Gasteiger partial charge in [-0.2, -0.15) is 26.3 Å². The lowest BCUT2D eigenvalue weighted by molar-refractivity contribution is -0.141. The normalized spacial score (nSPS) is 21.6. The van der Waals surface area contributed by atoms with E-state index in [-0.39, 0.29) is 19.5 Å². The lowest BCUT2D eigenvalue weighted by Gasteiger charge is -2.44. The van der Waals surface area contributed by atoms with Crippen molar-refractivity contribution in [2.45, 2.75) is 63.0 Å². The molecule has 1 saturated carbocycles. The third kappa shape index (κ3) is 7.19. The molecule has 1 aromatic heterocycles. The van der Waals surface area contributed by atoms with Gasteiger partial charge in [0.05, 0.1) is 6.42 Å². The minimum Gasteiger partial charge on any atom is -0.481 e. The Balaban J connectivity index is 1.98. The molecule has 1 N–H and O–H groups in total. The van der Waals surface area contributed by atoms with Crippen molar-refractivity contribution in [3.05, 3.63) is 65.5 Å². The van der Waals surface area contributed by atoms with Crippen LogP contribution in [0.15, 0.2) is 48.7 Å². The van der Waals surface area contributed by atoms with E-state index in [2.05, 4.69) is 4.98 Å². The van der Waals surface area contributed by atoms with Gasteiger partial charge in [-0.05, 0) is 36.0 Å². The van der Waals surface area contributed by atoms with Gasteiger partial charge >= 0.3 is 18.3 Å². The molecule has 3 atom stereocenters. The van der Waals surface area contributed by atoms with Crippen molar-refractivity contribution in [3.63, 3.8) is 0 Å². The van der Waals surface area contributed by atoms with Gasteiger partial charge in [-0.1, -0.05) is 42.8 Å². The molecule has 186 valence electrons. The zero-order chi connectivity index (χ0) is 24.9. The summed E-state index contributed by atoms with van der Waals surface area (Å²) < 4.78 is 78.4. The lowest BCUT2D eigenvalue weighted by atomic mass is 9.70. The van der Waals surface area contributed by atoms with E-state index in [0.717, 1.165) is 17.8 Å². The minimum absolute atomic E-state index is 0.214.